The molecule has 1 atom stereocenters. The average Bonchev–Trinajstić information content (AvgIpc) is 3.07. The largest absolute Gasteiger partial charge is 0.396 e. The number of hydrogen-bond acceptors (Lipinski definition) is 5. The standard InChI is InChI=1S/C22H27N3O3S/c1-29(27,28)18-9-7-16(8-10-18)21-19-6-4-12-23-22(19)24-20(21)15-25-13-3-2-5-17(25)11-14-26/h4,6-10,12,17,26H,2-3,5,11,13-15H2,1H3,(H,23,24). The summed E-state index contributed by atoms with van der Waals surface area (Å²) in [5, 5.41) is 10.5. The summed E-state index contributed by atoms with van der Waals surface area (Å²) in [6.07, 6.45) is 7.26. The first-order valence-electron chi connectivity index (χ1n) is 10.1. The number of aromatic nitrogens is 2. The molecular formula is C22H27N3O3S. The van der Waals surface area contributed by atoms with Crippen LogP contribution in [0.15, 0.2) is 47.5 Å². The minimum Gasteiger partial charge on any atom is -0.396 e. The summed E-state index contributed by atoms with van der Waals surface area (Å²) in [5.74, 6) is 0. The normalized spacial score (nSPS) is 18.3. The highest BCUT2D eigenvalue weighted by molar-refractivity contribution is 7.90. The van der Waals surface area contributed by atoms with Crippen LogP contribution < -0.4 is 0 Å². The summed E-state index contributed by atoms with van der Waals surface area (Å²) in [6, 6.07) is 11.4. The van der Waals surface area contributed by atoms with Gasteiger partial charge in [0.15, 0.2) is 9.84 Å². The molecule has 0 aliphatic carbocycles. The topological polar surface area (TPSA) is 86.3 Å². The maximum atomic E-state index is 11.8. The number of benzene rings is 1. The molecule has 7 heteroatoms. The van der Waals surface area contributed by atoms with E-state index in [0.717, 1.165) is 53.8 Å². The van der Waals surface area contributed by atoms with Gasteiger partial charge < -0.3 is 10.1 Å². The van der Waals surface area contributed by atoms with E-state index < -0.39 is 9.84 Å². The van der Waals surface area contributed by atoms with Crippen molar-refractivity contribution >= 4 is 20.9 Å². The summed E-state index contributed by atoms with van der Waals surface area (Å²) >= 11 is 0. The molecule has 1 unspecified atom stereocenters. The number of nitrogens with one attached hydrogen (secondary N) is 1. The molecule has 3 heterocycles. The average molecular weight is 414 g/mol. The Labute approximate surface area is 171 Å². The van der Waals surface area contributed by atoms with E-state index in [2.05, 4.69) is 14.9 Å². The van der Waals surface area contributed by atoms with Gasteiger partial charge in [-0.2, -0.15) is 0 Å². The third kappa shape index (κ3) is 4.22. The van der Waals surface area contributed by atoms with Gasteiger partial charge in [-0.1, -0.05) is 18.6 Å². The Balaban J connectivity index is 1.75. The van der Waals surface area contributed by atoms with E-state index >= 15 is 0 Å². The summed E-state index contributed by atoms with van der Waals surface area (Å²) in [5.41, 5.74) is 3.96. The summed E-state index contributed by atoms with van der Waals surface area (Å²) in [4.78, 5) is 10.7. The van der Waals surface area contributed by atoms with E-state index in [1.807, 2.05) is 24.3 Å². The minimum atomic E-state index is -3.23. The van der Waals surface area contributed by atoms with E-state index in [1.165, 1.54) is 19.1 Å². The Bertz CT molecular complexity index is 1090. The molecule has 0 amide bonds. The van der Waals surface area contributed by atoms with Gasteiger partial charge in [-0.15, -0.1) is 0 Å². The van der Waals surface area contributed by atoms with Gasteiger partial charge in [0, 0.05) is 48.3 Å². The van der Waals surface area contributed by atoms with Crippen molar-refractivity contribution in [3.05, 3.63) is 48.3 Å². The highest BCUT2D eigenvalue weighted by Crippen LogP contribution is 2.34. The van der Waals surface area contributed by atoms with Gasteiger partial charge in [0.05, 0.1) is 4.90 Å². The first-order chi connectivity index (χ1) is 14.0. The molecule has 0 saturated carbocycles. The Morgan fingerprint density at radius 3 is 2.72 bits per heavy atom. The van der Waals surface area contributed by atoms with Crippen molar-refractivity contribution in [2.45, 2.75) is 43.2 Å². The molecular weight excluding hydrogens is 386 g/mol. The van der Waals surface area contributed by atoms with Crippen molar-refractivity contribution in [1.82, 2.24) is 14.9 Å². The van der Waals surface area contributed by atoms with Crippen LogP contribution in [0.25, 0.3) is 22.2 Å². The van der Waals surface area contributed by atoms with Gasteiger partial charge in [-0.25, -0.2) is 13.4 Å². The second kappa shape index (κ2) is 8.26. The fourth-order valence-electron chi connectivity index (χ4n) is 4.34. The van der Waals surface area contributed by atoms with Crippen molar-refractivity contribution in [3.8, 4) is 11.1 Å². The van der Waals surface area contributed by atoms with Gasteiger partial charge in [-0.3, -0.25) is 4.90 Å². The molecule has 1 saturated heterocycles. The molecule has 1 aliphatic rings. The van der Waals surface area contributed by atoms with Crippen molar-refractivity contribution in [2.75, 3.05) is 19.4 Å². The number of sulfone groups is 1. The number of hydrogen-bond donors (Lipinski definition) is 2. The number of pyridine rings is 1. The van der Waals surface area contributed by atoms with Crippen LogP contribution in [0.2, 0.25) is 0 Å². The highest BCUT2D eigenvalue weighted by Gasteiger charge is 2.24. The van der Waals surface area contributed by atoms with Gasteiger partial charge >= 0.3 is 0 Å². The van der Waals surface area contributed by atoms with Crippen LogP contribution in [0.4, 0.5) is 0 Å². The lowest BCUT2D eigenvalue weighted by Crippen LogP contribution is -2.39. The van der Waals surface area contributed by atoms with Crippen molar-refractivity contribution < 1.29 is 13.5 Å². The highest BCUT2D eigenvalue weighted by atomic mass is 32.2. The van der Waals surface area contributed by atoms with Crippen LogP contribution in [0.3, 0.4) is 0 Å². The number of rotatable bonds is 6. The predicted octanol–water partition coefficient (Wildman–Crippen LogP) is 3.37. The minimum absolute atomic E-state index is 0.204. The van der Waals surface area contributed by atoms with E-state index in [4.69, 9.17) is 0 Å². The molecule has 0 bridgehead atoms. The van der Waals surface area contributed by atoms with Crippen LogP contribution >= 0.6 is 0 Å². The first kappa shape index (κ1) is 20.1. The second-order valence-corrected chi connectivity index (χ2v) is 9.82. The Morgan fingerprint density at radius 1 is 1.21 bits per heavy atom. The summed E-state index contributed by atoms with van der Waals surface area (Å²) in [6.45, 7) is 1.97. The van der Waals surface area contributed by atoms with Crippen molar-refractivity contribution in [2.24, 2.45) is 0 Å². The zero-order valence-electron chi connectivity index (χ0n) is 16.6. The molecule has 154 valence electrons. The number of fused-ring (bicyclic) bond motifs is 1. The Kier molecular flexibility index (Phi) is 5.72. The number of aromatic amines is 1. The lowest BCUT2D eigenvalue weighted by molar-refractivity contribution is 0.111. The smallest absolute Gasteiger partial charge is 0.175 e. The molecule has 0 radical (unpaired) electrons. The number of aliphatic hydroxyl groups excluding tert-OH is 1. The Morgan fingerprint density at radius 2 is 2.00 bits per heavy atom. The summed E-state index contributed by atoms with van der Waals surface area (Å²) in [7, 11) is -3.23. The number of H-pyrrole nitrogens is 1. The zero-order chi connectivity index (χ0) is 20.4. The maximum absolute atomic E-state index is 11.8. The summed E-state index contributed by atoms with van der Waals surface area (Å²) < 4.78 is 23.7. The fraction of sp³-hybridized carbons (Fsp3) is 0.409. The van der Waals surface area contributed by atoms with E-state index in [-0.39, 0.29) is 6.61 Å². The molecule has 6 nitrogen and oxygen atoms in total. The van der Waals surface area contributed by atoms with Gasteiger partial charge in [-0.05, 0) is 55.6 Å². The number of piperidine rings is 1. The fourth-order valence-corrected chi connectivity index (χ4v) is 4.97. The lowest BCUT2D eigenvalue weighted by atomic mass is 9.98. The maximum Gasteiger partial charge on any atom is 0.175 e. The SMILES string of the molecule is CS(=O)(=O)c1ccc(-c2c(CN3CCCCC3CCO)[nH]c3ncccc23)cc1. The van der Waals surface area contributed by atoms with Crippen molar-refractivity contribution in [3.63, 3.8) is 0 Å². The second-order valence-electron chi connectivity index (χ2n) is 7.81. The van der Waals surface area contributed by atoms with Crippen LogP contribution in [0.1, 0.15) is 31.4 Å². The third-order valence-electron chi connectivity index (χ3n) is 5.79. The number of aliphatic hydroxyl groups is 1. The van der Waals surface area contributed by atoms with Gasteiger partial charge in [0.1, 0.15) is 5.65 Å². The third-order valence-corrected chi connectivity index (χ3v) is 6.92. The monoisotopic (exact) mass is 413 g/mol. The van der Waals surface area contributed by atoms with Crippen LogP contribution in [-0.4, -0.2) is 53.8 Å². The number of likely N-dealkylation sites (tertiary alicyclic amines) is 1. The molecule has 1 fully saturated rings. The first-order valence-corrected chi connectivity index (χ1v) is 12.0. The van der Waals surface area contributed by atoms with Crippen molar-refractivity contribution in [1.29, 1.82) is 0 Å². The van der Waals surface area contributed by atoms with E-state index in [0.29, 0.717) is 10.9 Å². The van der Waals surface area contributed by atoms with E-state index in [9.17, 15) is 13.5 Å². The molecule has 4 rings (SSSR count). The predicted molar refractivity (Wildman–Crippen MR) is 114 cm³/mol. The quantitative estimate of drug-likeness (QED) is 0.647. The molecule has 1 aliphatic heterocycles. The molecule has 2 aromatic heterocycles. The van der Waals surface area contributed by atoms with Crippen LogP contribution in [0, 0.1) is 0 Å². The molecule has 3 aromatic rings. The number of nitrogens with zero attached hydrogens (tertiary/aromatic N) is 2. The Hall–Kier alpha value is -2.22. The molecule has 0 spiro atoms. The lowest BCUT2D eigenvalue weighted by Gasteiger charge is -2.35. The molecule has 2 N–H and O–H groups in total. The zero-order valence-corrected chi connectivity index (χ0v) is 17.5. The molecule has 1 aromatic carbocycles. The molecule has 29 heavy (non-hydrogen) atoms. The van der Waals surface area contributed by atoms with Crippen LogP contribution in [-0.2, 0) is 16.4 Å². The van der Waals surface area contributed by atoms with Crippen LogP contribution in [0.5, 0.6) is 0 Å². The van der Waals surface area contributed by atoms with Gasteiger partial charge in [0.25, 0.3) is 0 Å². The van der Waals surface area contributed by atoms with Gasteiger partial charge in [0.2, 0.25) is 0 Å². The van der Waals surface area contributed by atoms with E-state index in [1.54, 1.807) is 18.3 Å².